The van der Waals surface area contributed by atoms with E-state index in [9.17, 15) is 24.6 Å². The standard InChI is InChI=1S/C33H41Cl2NO6/c1-20-4-5-21(16-26(20)36(14-12-34)15-13-35)30(40)42-19-28(39)33(41)11-9-25-24-7-6-22-17-23(37)8-10-31(22,2)29(24)27(38)18-32(25,33)3/h4-5,8,10,16-17,24-25,27,29,38,41H,6-7,9,11-15,18-19H2,1-3H3/t24-,25-,27+,29+,31-,32-,33-/m0/s1. The Morgan fingerprint density at radius 2 is 1.86 bits per heavy atom. The van der Waals surface area contributed by atoms with Crippen molar-refractivity contribution in [3.8, 4) is 0 Å². The number of ketones is 2. The average Bonchev–Trinajstić information content (AvgIpc) is 3.22. The van der Waals surface area contributed by atoms with Gasteiger partial charge in [0, 0.05) is 47.3 Å². The van der Waals surface area contributed by atoms with E-state index < -0.39 is 40.9 Å². The molecule has 0 bridgehead atoms. The molecule has 7 atom stereocenters. The van der Waals surface area contributed by atoms with Crippen LogP contribution in [0.3, 0.4) is 0 Å². The van der Waals surface area contributed by atoms with E-state index in [4.69, 9.17) is 27.9 Å². The molecule has 0 aliphatic heterocycles. The van der Waals surface area contributed by atoms with Crippen LogP contribution in [-0.4, -0.2) is 70.9 Å². The summed E-state index contributed by atoms with van der Waals surface area (Å²) in [7, 11) is 0. The highest BCUT2D eigenvalue weighted by atomic mass is 35.5. The second-order valence-corrected chi connectivity index (χ2v) is 13.7. The number of anilines is 1. The van der Waals surface area contributed by atoms with Crippen molar-refractivity contribution in [2.24, 2.45) is 28.6 Å². The van der Waals surface area contributed by atoms with Crippen LogP contribution in [0, 0.1) is 35.5 Å². The molecule has 42 heavy (non-hydrogen) atoms. The topological polar surface area (TPSA) is 104 Å². The fraction of sp³-hybridized carbons (Fsp3) is 0.606. The molecule has 5 rings (SSSR count). The van der Waals surface area contributed by atoms with Crippen molar-refractivity contribution in [3.05, 3.63) is 53.1 Å². The molecule has 2 N–H and O–H groups in total. The minimum atomic E-state index is -1.71. The number of carbonyl (C=O) groups excluding carboxylic acids is 3. The van der Waals surface area contributed by atoms with Crippen LogP contribution in [0.2, 0.25) is 0 Å². The Morgan fingerprint density at radius 1 is 1.14 bits per heavy atom. The number of rotatable bonds is 9. The Bertz CT molecular complexity index is 1320. The number of fused-ring (bicyclic) bond motifs is 5. The fourth-order valence-corrected chi connectivity index (χ4v) is 9.16. The van der Waals surface area contributed by atoms with Crippen LogP contribution in [0.25, 0.3) is 0 Å². The van der Waals surface area contributed by atoms with Gasteiger partial charge in [0.2, 0.25) is 5.78 Å². The Balaban J connectivity index is 1.31. The maximum atomic E-state index is 13.7. The minimum absolute atomic E-state index is 0.0174. The fourth-order valence-electron chi connectivity index (χ4n) is 8.76. The van der Waals surface area contributed by atoms with Crippen molar-refractivity contribution in [2.45, 2.75) is 64.6 Å². The highest BCUT2D eigenvalue weighted by Crippen LogP contribution is 2.67. The zero-order chi connectivity index (χ0) is 30.4. The van der Waals surface area contributed by atoms with E-state index >= 15 is 0 Å². The molecule has 0 aromatic heterocycles. The number of alkyl halides is 2. The van der Waals surface area contributed by atoms with Gasteiger partial charge in [0.1, 0.15) is 5.60 Å². The molecule has 4 aliphatic rings. The number of hydrogen-bond acceptors (Lipinski definition) is 7. The van der Waals surface area contributed by atoms with Crippen molar-refractivity contribution >= 4 is 46.4 Å². The summed E-state index contributed by atoms with van der Waals surface area (Å²) in [6.45, 7) is 6.53. The molecular weight excluding hydrogens is 577 g/mol. The monoisotopic (exact) mass is 617 g/mol. The molecule has 1 aromatic carbocycles. The Labute approximate surface area is 257 Å². The van der Waals surface area contributed by atoms with Gasteiger partial charge in [-0.05, 0) is 80.7 Å². The van der Waals surface area contributed by atoms with Crippen LogP contribution in [-0.2, 0) is 14.3 Å². The molecule has 9 heteroatoms. The number of aryl methyl sites for hydroxylation is 1. The summed E-state index contributed by atoms with van der Waals surface area (Å²) in [5, 5.41) is 23.5. The van der Waals surface area contributed by atoms with Gasteiger partial charge in [-0.2, -0.15) is 0 Å². The van der Waals surface area contributed by atoms with Crippen LogP contribution >= 0.6 is 23.2 Å². The molecule has 0 unspecified atom stereocenters. The molecule has 3 saturated carbocycles. The number of halogens is 2. The van der Waals surface area contributed by atoms with Gasteiger partial charge in [-0.25, -0.2) is 4.79 Å². The normalized spacial score (nSPS) is 35.1. The summed E-state index contributed by atoms with van der Waals surface area (Å²) < 4.78 is 5.49. The zero-order valence-corrected chi connectivity index (χ0v) is 26.1. The second kappa shape index (κ2) is 11.7. The molecule has 0 radical (unpaired) electrons. The molecule has 0 amide bonds. The Hall–Kier alpha value is -2.19. The van der Waals surface area contributed by atoms with Crippen LogP contribution in [0.5, 0.6) is 0 Å². The quantitative estimate of drug-likeness (QED) is 0.296. The van der Waals surface area contributed by atoms with Crippen LogP contribution < -0.4 is 4.90 Å². The minimum Gasteiger partial charge on any atom is -0.454 e. The first-order chi connectivity index (χ1) is 19.9. The smallest absolute Gasteiger partial charge is 0.338 e. The lowest BCUT2D eigenvalue weighted by Crippen LogP contribution is -2.61. The summed E-state index contributed by atoms with van der Waals surface area (Å²) in [5.74, 6) is -0.364. The van der Waals surface area contributed by atoms with Crippen molar-refractivity contribution in [1.82, 2.24) is 0 Å². The van der Waals surface area contributed by atoms with E-state index in [1.807, 2.05) is 30.9 Å². The molecule has 0 heterocycles. The second-order valence-electron chi connectivity index (χ2n) is 13.0. The van der Waals surface area contributed by atoms with Gasteiger partial charge in [0.05, 0.1) is 11.7 Å². The lowest BCUT2D eigenvalue weighted by Gasteiger charge is -2.59. The number of carbonyl (C=O) groups is 3. The maximum Gasteiger partial charge on any atom is 0.338 e. The third-order valence-corrected chi connectivity index (χ3v) is 11.3. The third-order valence-electron chi connectivity index (χ3n) is 10.9. The first-order valence-electron chi connectivity index (χ1n) is 14.9. The van der Waals surface area contributed by atoms with Gasteiger partial charge in [0.15, 0.2) is 12.4 Å². The predicted octanol–water partition coefficient (Wildman–Crippen LogP) is 5.01. The number of aliphatic hydroxyl groups is 2. The van der Waals surface area contributed by atoms with Gasteiger partial charge in [-0.15, -0.1) is 23.2 Å². The van der Waals surface area contributed by atoms with E-state index in [1.165, 1.54) is 0 Å². The lowest BCUT2D eigenvalue weighted by molar-refractivity contribution is -0.178. The number of benzene rings is 1. The van der Waals surface area contributed by atoms with E-state index in [1.54, 1.807) is 24.3 Å². The first kappa shape index (κ1) is 31.2. The molecule has 0 saturated heterocycles. The number of nitrogens with zero attached hydrogens (tertiary/aromatic N) is 1. The molecule has 7 nitrogen and oxygen atoms in total. The lowest BCUT2D eigenvalue weighted by atomic mass is 9.46. The van der Waals surface area contributed by atoms with Gasteiger partial charge in [-0.1, -0.05) is 31.6 Å². The molecule has 228 valence electrons. The SMILES string of the molecule is Cc1ccc(C(=O)OCC(=O)[C@@]2(O)CC[C@H]3[C@@H]4CCC5=CC(=O)C=C[C@]5(C)[C@H]4[C@H](O)C[C@@]32C)cc1N(CCCl)CCCl. The Kier molecular flexibility index (Phi) is 8.72. The Morgan fingerprint density at radius 3 is 2.55 bits per heavy atom. The summed E-state index contributed by atoms with van der Waals surface area (Å²) in [5.41, 5.74) is 0.147. The summed E-state index contributed by atoms with van der Waals surface area (Å²) in [4.78, 5) is 40.8. The molecule has 1 aromatic rings. The maximum absolute atomic E-state index is 13.7. The van der Waals surface area contributed by atoms with Crippen molar-refractivity contribution in [2.75, 3.05) is 36.4 Å². The number of esters is 1. The van der Waals surface area contributed by atoms with Crippen molar-refractivity contribution in [3.63, 3.8) is 0 Å². The molecule has 0 spiro atoms. The summed E-state index contributed by atoms with van der Waals surface area (Å²) >= 11 is 11.9. The first-order valence-corrected chi connectivity index (χ1v) is 16.0. The van der Waals surface area contributed by atoms with Crippen LogP contribution in [0.4, 0.5) is 5.69 Å². The third kappa shape index (κ3) is 5.04. The summed E-state index contributed by atoms with van der Waals surface area (Å²) in [6, 6.07) is 5.20. The van der Waals surface area contributed by atoms with E-state index in [-0.39, 0.29) is 36.4 Å². The number of Topliss-reactive ketones (excluding diaryl/α,β-unsaturated/α-hetero) is 1. The van der Waals surface area contributed by atoms with E-state index in [0.29, 0.717) is 36.8 Å². The van der Waals surface area contributed by atoms with Crippen molar-refractivity contribution < 1.29 is 29.3 Å². The van der Waals surface area contributed by atoms with Crippen LogP contribution in [0.15, 0.2) is 42.0 Å². The van der Waals surface area contributed by atoms with Gasteiger partial charge < -0.3 is 19.8 Å². The van der Waals surface area contributed by atoms with E-state index in [0.717, 1.165) is 29.7 Å². The summed E-state index contributed by atoms with van der Waals surface area (Å²) in [6.07, 6.45) is 7.22. The van der Waals surface area contributed by atoms with Gasteiger partial charge in [0.25, 0.3) is 0 Å². The van der Waals surface area contributed by atoms with E-state index in [2.05, 4.69) is 6.92 Å². The number of ether oxygens (including phenoxy) is 1. The van der Waals surface area contributed by atoms with Gasteiger partial charge in [-0.3, -0.25) is 9.59 Å². The number of hydrogen-bond donors (Lipinski definition) is 2. The highest BCUT2D eigenvalue weighted by Gasteiger charge is 2.68. The zero-order valence-electron chi connectivity index (χ0n) is 24.6. The van der Waals surface area contributed by atoms with Crippen LogP contribution in [0.1, 0.15) is 61.9 Å². The molecular formula is C33H41Cl2NO6. The highest BCUT2D eigenvalue weighted by molar-refractivity contribution is 6.18. The number of allylic oxidation sites excluding steroid dienone is 4. The largest absolute Gasteiger partial charge is 0.454 e. The molecule has 4 aliphatic carbocycles. The number of aliphatic hydroxyl groups excluding tert-OH is 1. The van der Waals surface area contributed by atoms with Crippen molar-refractivity contribution in [1.29, 1.82) is 0 Å². The predicted molar refractivity (Wildman–Crippen MR) is 163 cm³/mol. The average molecular weight is 619 g/mol. The molecule has 3 fully saturated rings. The van der Waals surface area contributed by atoms with Gasteiger partial charge >= 0.3 is 5.97 Å².